The first-order chi connectivity index (χ1) is 8.56. The number of rotatable bonds is 6. The van der Waals surface area contributed by atoms with Crippen LogP contribution in [0.2, 0.25) is 5.15 Å². The van der Waals surface area contributed by atoms with Gasteiger partial charge in [-0.25, -0.2) is 4.98 Å². The van der Waals surface area contributed by atoms with Gasteiger partial charge in [-0.15, -0.1) is 0 Å². The molecule has 8 heteroatoms. The number of amides is 1. The molecule has 0 aromatic carbocycles. The van der Waals surface area contributed by atoms with Crippen LogP contribution < -0.4 is 10.6 Å². The fourth-order valence-electron chi connectivity index (χ4n) is 1.29. The predicted molar refractivity (Wildman–Crippen MR) is 66.8 cm³/mol. The highest BCUT2D eigenvalue weighted by molar-refractivity contribution is 6.29. The summed E-state index contributed by atoms with van der Waals surface area (Å²) in [4.78, 5) is 25.4. The normalized spacial score (nSPS) is 10.1. The van der Waals surface area contributed by atoms with Crippen LogP contribution in [0.4, 0.5) is 5.69 Å². The highest BCUT2D eigenvalue weighted by atomic mass is 35.5. The summed E-state index contributed by atoms with van der Waals surface area (Å²) in [5.74, 6) is -0.538. The quantitative estimate of drug-likeness (QED) is 0.348. The van der Waals surface area contributed by atoms with E-state index in [1.54, 1.807) is 0 Å². The summed E-state index contributed by atoms with van der Waals surface area (Å²) >= 11 is 5.62. The maximum atomic E-state index is 11.8. The van der Waals surface area contributed by atoms with Crippen LogP contribution in [-0.4, -0.2) is 35.4 Å². The summed E-state index contributed by atoms with van der Waals surface area (Å²) in [7, 11) is 0. The third-order valence-corrected chi connectivity index (χ3v) is 2.33. The minimum absolute atomic E-state index is 0.0393. The first-order valence-electron chi connectivity index (χ1n) is 5.35. The summed E-state index contributed by atoms with van der Waals surface area (Å²) in [5.41, 5.74) is -0.447. The van der Waals surface area contributed by atoms with Gasteiger partial charge in [0, 0.05) is 13.1 Å². The number of nitrogens with one attached hydrogen (secondary N) is 2. The first kappa shape index (κ1) is 14.3. The Morgan fingerprint density at radius 1 is 1.56 bits per heavy atom. The molecule has 0 unspecified atom stereocenters. The molecule has 0 aliphatic carbocycles. The molecule has 7 nitrogen and oxygen atoms in total. The molecule has 98 valence electrons. The predicted octanol–water partition coefficient (Wildman–Crippen LogP) is 0.982. The number of nitro groups is 1. The summed E-state index contributed by atoms with van der Waals surface area (Å²) in [5, 5.41) is 16.4. The largest absolute Gasteiger partial charge is 0.351 e. The van der Waals surface area contributed by atoms with Crippen molar-refractivity contribution in [2.75, 3.05) is 19.6 Å². The lowest BCUT2D eigenvalue weighted by Gasteiger charge is -2.06. The van der Waals surface area contributed by atoms with Crippen LogP contribution in [-0.2, 0) is 0 Å². The average Bonchev–Trinajstić information content (AvgIpc) is 2.34. The zero-order chi connectivity index (χ0) is 13.5. The number of hydrogen-bond donors (Lipinski definition) is 2. The number of pyridine rings is 1. The zero-order valence-electron chi connectivity index (χ0n) is 9.77. The molecule has 2 N–H and O–H groups in total. The molecule has 0 aliphatic heterocycles. The Morgan fingerprint density at radius 3 is 2.89 bits per heavy atom. The van der Waals surface area contributed by atoms with E-state index in [9.17, 15) is 14.9 Å². The van der Waals surface area contributed by atoms with Crippen molar-refractivity contribution in [2.45, 2.75) is 6.92 Å². The molecule has 0 spiro atoms. The maximum Gasteiger partial charge on any atom is 0.300 e. The molecular formula is C10H13ClN4O3. The van der Waals surface area contributed by atoms with Gasteiger partial charge in [-0.2, -0.15) is 0 Å². The molecule has 0 fully saturated rings. The molecule has 1 aromatic heterocycles. The first-order valence-corrected chi connectivity index (χ1v) is 5.73. The van der Waals surface area contributed by atoms with E-state index in [2.05, 4.69) is 15.6 Å². The van der Waals surface area contributed by atoms with E-state index in [0.29, 0.717) is 13.1 Å². The van der Waals surface area contributed by atoms with Crippen LogP contribution in [0.25, 0.3) is 0 Å². The summed E-state index contributed by atoms with van der Waals surface area (Å²) in [6.07, 6.45) is 0.974. The number of carbonyl (C=O) groups excluding carboxylic acids is 1. The highest BCUT2D eigenvalue weighted by Gasteiger charge is 2.20. The Hall–Kier alpha value is -1.73. The van der Waals surface area contributed by atoms with Crippen LogP contribution in [0.15, 0.2) is 12.3 Å². The van der Waals surface area contributed by atoms with E-state index in [-0.39, 0.29) is 16.4 Å². The van der Waals surface area contributed by atoms with E-state index in [1.807, 2.05) is 6.92 Å². The molecule has 1 rings (SSSR count). The van der Waals surface area contributed by atoms with Gasteiger partial charge in [-0.3, -0.25) is 14.9 Å². The lowest BCUT2D eigenvalue weighted by molar-refractivity contribution is -0.385. The van der Waals surface area contributed by atoms with Crippen LogP contribution in [0.3, 0.4) is 0 Å². The van der Waals surface area contributed by atoms with Gasteiger partial charge in [0.1, 0.15) is 16.9 Å². The van der Waals surface area contributed by atoms with Crippen molar-refractivity contribution in [3.8, 4) is 0 Å². The van der Waals surface area contributed by atoms with Crippen molar-refractivity contribution in [3.05, 3.63) is 33.1 Å². The molecule has 1 aromatic rings. The average molecular weight is 273 g/mol. The number of halogens is 1. The number of aromatic nitrogens is 1. The fourth-order valence-corrected chi connectivity index (χ4v) is 1.44. The van der Waals surface area contributed by atoms with Crippen molar-refractivity contribution in [1.29, 1.82) is 0 Å². The molecule has 0 aliphatic rings. The zero-order valence-corrected chi connectivity index (χ0v) is 10.5. The lowest BCUT2D eigenvalue weighted by atomic mass is 10.2. The van der Waals surface area contributed by atoms with Crippen molar-refractivity contribution >= 4 is 23.2 Å². The SMILES string of the molecule is CCNCCNC(=O)c1cc(Cl)ncc1[N+](=O)[O-]. The second-order valence-corrected chi connectivity index (χ2v) is 3.78. The molecule has 0 saturated heterocycles. The van der Waals surface area contributed by atoms with Gasteiger partial charge in [0.05, 0.1) is 4.92 Å². The summed E-state index contributed by atoms with van der Waals surface area (Å²) < 4.78 is 0. The third-order valence-electron chi connectivity index (χ3n) is 2.13. The van der Waals surface area contributed by atoms with Gasteiger partial charge < -0.3 is 10.6 Å². The molecule has 1 amide bonds. The van der Waals surface area contributed by atoms with Gasteiger partial charge in [0.25, 0.3) is 11.6 Å². The minimum Gasteiger partial charge on any atom is -0.351 e. The van der Waals surface area contributed by atoms with E-state index in [1.165, 1.54) is 6.07 Å². The van der Waals surface area contributed by atoms with Crippen LogP contribution in [0.1, 0.15) is 17.3 Å². The van der Waals surface area contributed by atoms with Crippen LogP contribution in [0, 0.1) is 10.1 Å². The Labute approximate surface area is 109 Å². The van der Waals surface area contributed by atoms with Gasteiger partial charge in [-0.1, -0.05) is 18.5 Å². The smallest absolute Gasteiger partial charge is 0.300 e. The van der Waals surface area contributed by atoms with Gasteiger partial charge in [-0.05, 0) is 12.6 Å². The van der Waals surface area contributed by atoms with Gasteiger partial charge >= 0.3 is 0 Å². The van der Waals surface area contributed by atoms with E-state index in [0.717, 1.165) is 12.7 Å². The van der Waals surface area contributed by atoms with E-state index in [4.69, 9.17) is 11.6 Å². The van der Waals surface area contributed by atoms with Gasteiger partial charge in [0.15, 0.2) is 0 Å². The van der Waals surface area contributed by atoms with Crippen LogP contribution >= 0.6 is 11.6 Å². The monoisotopic (exact) mass is 272 g/mol. The molecule has 0 saturated carbocycles. The summed E-state index contributed by atoms with van der Waals surface area (Å²) in [6, 6.07) is 1.18. The van der Waals surface area contributed by atoms with E-state index < -0.39 is 10.8 Å². The molecule has 1 heterocycles. The number of likely N-dealkylation sites (N-methyl/N-ethyl adjacent to an activating group) is 1. The number of hydrogen-bond acceptors (Lipinski definition) is 5. The molecule has 0 radical (unpaired) electrons. The van der Waals surface area contributed by atoms with Crippen molar-refractivity contribution < 1.29 is 9.72 Å². The molecule has 0 bridgehead atoms. The molecular weight excluding hydrogens is 260 g/mol. The second kappa shape index (κ2) is 6.87. The second-order valence-electron chi connectivity index (χ2n) is 3.39. The minimum atomic E-state index is -0.664. The molecule has 0 atom stereocenters. The standard InChI is InChI=1S/C10H13ClN4O3/c1-2-12-3-4-13-10(16)7-5-9(11)14-6-8(7)15(17)18/h5-6,12H,2-4H2,1H3,(H,13,16). The van der Waals surface area contributed by atoms with E-state index >= 15 is 0 Å². The van der Waals surface area contributed by atoms with Crippen LogP contribution in [0.5, 0.6) is 0 Å². The van der Waals surface area contributed by atoms with Crippen molar-refractivity contribution in [1.82, 2.24) is 15.6 Å². The lowest BCUT2D eigenvalue weighted by Crippen LogP contribution is -2.32. The van der Waals surface area contributed by atoms with Gasteiger partial charge in [0.2, 0.25) is 0 Å². The summed E-state index contributed by atoms with van der Waals surface area (Å²) in [6.45, 7) is 3.70. The number of carbonyl (C=O) groups is 1. The van der Waals surface area contributed by atoms with Crippen molar-refractivity contribution in [2.24, 2.45) is 0 Å². The fraction of sp³-hybridized carbons (Fsp3) is 0.400. The Balaban J connectivity index is 2.77. The Bertz CT molecular complexity index is 453. The molecule has 18 heavy (non-hydrogen) atoms. The number of nitrogens with zero attached hydrogens (tertiary/aromatic N) is 2. The highest BCUT2D eigenvalue weighted by Crippen LogP contribution is 2.19. The third kappa shape index (κ3) is 3.94. The Kier molecular flexibility index (Phi) is 5.47. The maximum absolute atomic E-state index is 11.8. The topological polar surface area (TPSA) is 97.2 Å². The van der Waals surface area contributed by atoms with Crippen molar-refractivity contribution in [3.63, 3.8) is 0 Å². The Morgan fingerprint density at radius 2 is 2.28 bits per heavy atom.